The Labute approximate surface area is 135 Å². The Morgan fingerprint density at radius 2 is 1.87 bits per heavy atom. The maximum atomic E-state index is 9.95. The van der Waals surface area contributed by atoms with Crippen LogP contribution in [0.3, 0.4) is 0 Å². The van der Waals surface area contributed by atoms with Crippen LogP contribution in [-0.2, 0) is 0 Å². The first-order valence-corrected chi connectivity index (χ1v) is 7.87. The lowest BCUT2D eigenvalue weighted by Gasteiger charge is -2.14. The fourth-order valence-corrected chi connectivity index (χ4v) is 2.49. The summed E-state index contributed by atoms with van der Waals surface area (Å²) in [6, 6.07) is 11.7. The molecule has 0 saturated heterocycles. The minimum Gasteiger partial charge on any atom is -0.391 e. The van der Waals surface area contributed by atoms with Gasteiger partial charge in [-0.2, -0.15) is 0 Å². The van der Waals surface area contributed by atoms with Gasteiger partial charge < -0.3 is 10.4 Å². The van der Waals surface area contributed by atoms with E-state index < -0.39 is 0 Å². The number of anilines is 1. The van der Waals surface area contributed by atoms with Crippen LogP contribution in [-0.4, -0.2) is 32.7 Å². The average molecular weight is 308 g/mol. The molecule has 0 aliphatic rings. The number of nitrogens with one attached hydrogen (secondary N) is 1. The number of hydrogen-bond acceptors (Lipinski definition) is 5. The van der Waals surface area contributed by atoms with Gasteiger partial charge in [0.25, 0.3) is 0 Å². The molecule has 5 heteroatoms. The lowest BCUT2D eigenvalue weighted by atomic mass is 10.2. The first-order chi connectivity index (χ1) is 11.3. The number of hydrogen-bond donors (Lipinski definition) is 2. The van der Waals surface area contributed by atoms with Crippen molar-refractivity contribution in [3.8, 4) is 11.4 Å². The third-order valence-electron chi connectivity index (χ3n) is 3.67. The van der Waals surface area contributed by atoms with Crippen molar-refractivity contribution >= 4 is 16.7 Å². The van der Waals surface area contributed by atoms with Crippen molar-refractivity contribution in [3.05, 3.63) is 48.8 Å². The van der Waals surface area contributed by atoms with Crippen LogP contribution in [0.15, 0.2) is 48.8 Å². The standard InChI is InChI=1S/C18H20N4O/c1-2-5-14(23)12-20-18-15-6-3-4-7-16(15)21-17(22-18)13-8-10-19-11-9-13/h3-4,6-11,14,23H,2,5,12H2,1H3,(H,20,21,22). The zero-order chi connectivity index (χ0) is 16.1. The van der Waals surface area contributed by atoms with Crippen LogP contribution in [0.5, 0.6) is 0 Å². The minimum atomic E-state index is -0.377. The third kappa shape index (κ3) is 3.63. The highest BCUT2D eigenvalue weighted by molar-refractivity contribution is 5.90. The Morgan fingerprint density at radius 3 is 2.65 bits per heavy atom. The smallest absolute Gasteiger partial charge is 0.162 e. The number of pyridine rings is 1. The highest BCUT2D eigenvalue weighted by Gasteiger charge is 2.10. The molecule has 5 nitrogen and oxygen atoms in total. The quantitative estimate of drug-likeness (QED) is 0.731. The predicted octanol–water partition coefficient (Wildman–Crippen LogP) is 3.26. The van der Waals surface area contributed by atoms with Crippen LogP contribution in [0.25, 0.3) is 22.3 Å². The van der Waals surface area contributed by atoms with E-state index in [-0.39, 0.29) is 6.10 Å². The second kappa shape index (κ2) is 7.15. The van der Waals surface area contributed by atoms with Gasteiger partial charge in [-0.3, -0.25) is 4.98 Å². The van der Waals surface area contributed by atoms with E-state index in [0.717, 1.165) is 35.1 Å². The molecule has 2 N–H and O–H groups in total. The third-order valence-corrected chi connectivity index (χ3v) is 3.67. The second-order valence-corrected chi connectivity index (χ2v) is 5.47. The van der Waals surface area contributed by atoms with Gasteiger partial charge in [0.2, 0.25) is 0 Å². The molecule has 23 heavy (non-hydrogen) atoms. The Hall–Kier alpha value is -2.53. The minimum absolute atomic E-state index is 0.377. The zero-order valence-corrected chi connectivity index (χ0v) is 13.1. The first-order valence-electron chi connectivity index (χ1n) is 7.87. The summed E-state index contributed by atoms with van der Waals surface area (Å²) in [5, 5.41) is 14.2. The van der Waals surface area contributed by atoms with Crippen molar-refractivity contribution in [1.82, 2.24) is 15.0 Å². The van der Waals surface area contributed by atoms with Crippen molar-refractivity contribution in [2.24, 2.45) is 0 Å². The summed E-state index contributed by atoms with van der Waals surface area (Å²) < 4.78 is 0. The maximum absolute atomic E-state index is 9.95. The summed E-state index contributed by atoms with van der Waals surface area (Å²) in [7, 11) is 0. The van der Waals surface area contributed by atoms with E-state index in [1.165, 1.54) is 0 Å². The van der Waals surface area contributed by atoms with E-state index in [9.17, 15) is 5.11 Å². The molecular formula is C18H20N4O. The molecule has 1 unspecified atom stereocenters. The molecule has 0 radical (unpaired) electrons. The number of aliphatic hydroxyl groups is 1. The Bertz CT molecular complexity index is 776. The number of benzene rings is 1. The number of aliphatic hydroxyl groups excluding tert-OH is 1. The molecule has 3 aromatic rings. The predicted molar refractivity (Wildman–Crippen MR) is 92.2 cm³/mol. The van der Waals surface area contributed by atoms with Gasteiger partial charge in [0.1, 0.15) is 5.82 Å². The Morgan fingerprint density at radius 1 is 1.09 bits per heavy atom. The van der Waals surface area contributed by atoms with Crippen LogP contribution in [0.4, 0.5) is 5.82 Å². The largest absolute Gasteiger partial charge is 0.391 e. The average Bonchev–Trinajstić information content (AvgIpc) is 2.60. The van der Waals surface area contributed by atoms with Crippen LogP contribution in [0, 0.1) is 0 Å². The van der Waals surface area contributed by atoms with Gasteiger partial charge >= 0.3 is 0 Å². The highest BCUT2D eigenvalue weighted by atomic mass is 16.3. The fraction of sp³-hybridized carbons (Fsp3) is 0.278. The topological polar surface area (TPSA) is 70.9 Å². The van der Waals surface area contributed by atoms with Crippen LogP contribution >= 0.6 is 0 Å². The van der Waals surface area contributed by atoms with Crippen LogP contribution in [0.2, 0.25) is 0 Å². The molecule has 0 amide bonds. The summed E-state index contributed by atoms with van der Waals surface area (Å²) in [5.41, 5.74) is 1.80. The summed E-state index contributed by atoms with van der Waals surface area (Å²) in [6.07, 6.45) is 4.80. The van der Waals surface area contributed by atoms with Gasteiger partial charge in [0.15, 0.2) is 5.82 Å². The molecular weight excluding hydrogens is 288 g/mol. The normalized spacial score (nSPS) is 12.3. The molecule has 2 heterocycles. The van der Waals surface area contributed by atoms with Crippen molar-refractivity contribution in [1.29, 1.82) is 0 Å². The van der Waals surface area contributed by atoms with Gasteiger partial charge in [-0.25, -0.2) is 9.97 Å². The lowest BCUT2D eigenvalue weighted by Crippen LogP contribution is -2.20. The van der Waals surface area contributed by atoms with E-state index in [0.29, 0.717) is 12.4 Å². The van der Waals surface area contributed by atoms with Gasteiger partial charge in [-0.05, 0) is 30.7 Å². The molecule has 0 aliphatic heterocycles. The van der Waals surface area contributed by atoms with Crippen molar-refractivity contribution in [2.45, 2.75) is 25.9 Å². The van der Waals surface area contributed by atoms with Crippen molar-refractivity contribution in [2.75, 3.05) is 11.9 Å². The molecule has 0 saturated carbocycles. The Balaban J connectivity index is 1.97. The zero-order valence-electron chi connectivity index (χ0n) is 13.1. The van der Waals surface area contributed by atoms with Gasteiger partial charge in [-0.15, -0.1) is 0 Å². The van der Waals surface area contributed by atoms with E-state index in [1.807, 2.05) is 36.4 Å². The van der Waals surface area contributed by atoms with Crippen molar-refractivity contribution < 1.29 is 5.11 Å². The van der Waals surface area contributed by atoms with Gasteiger partial charge in [0.05, 0.1) is 11.6 Å². The van der Waals surface area contributed by atoms with Crippen molar-refractivity contribution in [3.63, 3.8) is 0 Å². The highest BCUT2D eigenvalue weighted by Crippen LogP contribution is 2.24. The molecule has 118 valence electrons. The molecule has 0 aliphatic carbocycles. The molecule has 0 bridgehead atoms. The number of nitrogens with zero attached hydrogens (tertiary/aromatic N) is 3. The summed E-state index contributed by atoms with van der Waals surface area (Å²) in [5.74, 6) is 1.40. The Kier molecular flexibility index (Phi) is 4.78. The summed E-state index contributed by atoms with van der Waals surface area (Å²) in [4.78, 5) is 13.3. The van der Waals surface area contributed by atoms with Gasteiger partial charge in [0, 0.05) is 29.9 Å². The molecule has 3 rings (SSSR count). The van der Waals surface area contributed by atoms with E-state index in [2.05, 4.69) is 27.2 Å². The molecule has 2 aromatic heterocycles. The number of para-hydroxylation sites is 1. The summed E-state index contributed by atoms with van der Waals surface area (Å²) >= 11 is 0. The maximum Gasteiger partial charge on any atom is 0.162 e. The second-order valence-electron chi connectivity index (χ2n) is 5.47. The van der Waals surface area contributed by atoms with Gasteiger partial charge in [-0.1, -0.05) is 25.5 Å². The SMILES string of the molecule is CCCC(O)CNc1nc(-c2ccncc2)nc2ccccc12. The molecule has 0 spiro atoms. The van der Waals surface area contributed by atoms with E-state index in [1.54, 1.807) is 12.4 Å². The van der Waals surface area contributed by atoms with Crippen LogP contribution < -0.4 is 5.32 Å². The lowest BCUT2D eigenvalue weighted by molar-refractivity contribution is 0.176. The molecule has 1 aromatic carbocycles. The monoisotopic (exact) mass is 308 g/mol. The number of rotatable bonds is 6. The summed E-state index contributed by atoms with van der Waals surface area (Å²) in [6.45, 7) is 2.54. The van der Waals surface area contributed by atoms with E-state index >= 15 is 0 Å². The van der Waals surface area contributed by atoms with Crippen LogP contribution in [0.1, 0.15) is 19.8 Å². The first kappa shape index (κ1) is 15.4. The van der Waals surface area contributed by atoms with E-state index in [4.69, 9.17) is 0 Å². The number of fused-ring (bicyclic) bond motifs is 1. The molecule has 1 atom stereocenters. The fourth-order valence-electron chi connectivity index (χ4n) is 2.49. The molecule has 0 fully saturated rings. The number of aromatic nitrogens is 3.